The van der Waals surface area contributed by atoms with Gasteiger partial charge in [-0.2, -0.15) is 0 Å². The van der Waals surface area contributed by atoms with Crippen LogP contribution in [0.3, 0.4) is 0 Å². The number of ketones is 1. The number of aromatic nitrogens is 2. The third-order valence-corrected chi connectivity index (χ3v) is 7.44. The summed E-state index contributed by atoms with van der Waals surface area (Å²) in [6.45, 7) is 8.01. The fourth-order valence-corrected chi connectivity index (χ4v) is 5.29. The number of esters is 1. The normalized spacial score (nSPS) is 13.1. The van der Waals surface area contributed by atoms with Crippen LogP contribution in [-0.4, -0.2) is 52.3 Å². The molecule has 2 heterocycles. The summed E-state index contributed by atoms with van der Waals surface area (Å²) in [7, 11) is 1.36. The first kappa shape index (κ1) is 29.2. The molecule has 3 aromatic rings. The summed E-state index contributed by atoms with van der Waals surface area (Å²) in [6.07, 6.45) is -1.42. The maximum atomic E-state index is 14.0. The van der Waals surface area contributed by atoms with Crippen LogP contribution in [0.4, 0.5) is 4.39 Å². The highest BCUT2D eigenvalue weighted by Gasteiger charge is 2.29. The van der Waals surface area contributed by atoms with Crippen LogP contribution >= 0.6 is 11.3 Å². The van der Waals surface area contributed by atoms with E-state index in [1.807, 2.05) is 13.8 Å². The number of nitrogens with one attached hydrogen (secondary N) is 1. The van der Waals surface area contributed by atoms with Crippen LogP contribution in [0.1, 0.15) is 60.6 Å². The van der Waals surface area contributed by atoms with E-state index in [-0.39, 0.29) is 45.6 Å². The zero-order valence-electron chi connectivity index (χ0n) is 22.2. The molecule has 0 radical (unpaired) electrons. The Morgan fingerprint density at radius 1 is 1.21 bits per heavy atom. The maximum Gasteiger partial charge on any atom is 0.348 e. The third-order valence-electron chi connectivity index (χ3n) is 6.15. The van der Waals surface area contributed by atoms with Gasteiger partial charge in [0.2, 0.25) is 0 Å². The van der Waals surface area contributed by atoms with E-state index in [0.717, 1.165) is 26.5 Å². The molecule has 0 fully saturated rings. The molecule has 206 valence electrons. The first-order valence-electron chi connectivity index (χ1n) is 12.2. The van der Waals surface area contributed by atoms with Gasteiger partial charge in [-0.3, -0.25) is 14.2 Å². The van der Waals surface area contributed by atoms with Crippen LogP contribution in [-0.2, 0) is 16.1 Å². The van der Waals surface area contributed by atoms with E-state index in [1.165, 1.54) is 26.2 Å². The van der Waals surface area contributed by atoms with Crippen molar-refractivity contribution in [2.75, 3.05) is 20.3 Å². The largest absolute Gasteiger partial charge is 0.496 e. The molecule has 2 atom stereocenters. The van der Waals surface area contributed by atoms with Crippen molar-refractivity contribution in [1.82, 2.24) is 14.5 Å². The molecule has 0 amide bonds. The smallest absolute Gasteiger partial charge is 0.348 e. The number of methoxy groups -OCH3 is 1. The Hall–Kier alpha value is -3.35. The summed E-state index contributed by atoms with van der Waals surface area (Å²) in [5.41, 5.74) is -1.18. The van der Waals surface area contributed by atoms with Gasteiger partial charge in [-0.1, -0.05) is 13.8 Å². The van der Waals surface area contributed by atoms with Crippen molar-refractivity contribution in [1.29, 1.82) is 0 Å². The van der Waals surface area contributed by atoms with Crippen LogP contribution in [0.25, 0.3) is 10.2 Å². The van der Waals surface area contributed by atoms with Crippen molar-refractivity contribution >= 4 is 33.3 Å². The third kappa shape index (κ3) is 5.71. The molecule has 2 aromatic heterocycles. The Balaban J connectivity index is 2.26. The molecule has 12 heteroatoms. The fourth-order valence-electron chi connectivity index (χ4n) is 4.09. The van der Waals surface area contributed by atoms with Gasteiger partial charge in [-0.25, -0.2) is 18.5 Å². The number of hydrogen-bond donors (Lipinski definition) is 2. The molecule has 0 spiro atoms. The number of ether oxygens (including phenoxy) is 2. The van der Waals surface area contributed by atoms with E-state index < -0.39 is 47.5 Å². The second-order valence-corrected chi connectivity index (χ2v) is 10.1. The molecule has 0 aliphatic carbocycles. The van der Waals surface area contributed by atoms with Gasteiger partial charge < -0.3 is 19.9 Å². The highest BCUT2D eigenvalue weighted by atomic mass is 32.1. The highest BCUT2D eigenvalue weighted by molar-refractivity contribution is 7.20. The van der Waals surface area contributed by atoms with E-state index in [2.05, 4.69) is 5.32 Å². The van der Waals surface area contributed by atoms with Crippen LogP contribution in [0.5, 0.6) is 5.75 Å². The first-order chi connectivity index (χ1) is 17.9. The number of benzene rings is 1. The summed E-state index contributed by atoms with van der Waals surface area (Å²) in [5, 5.41) is 14.1. The lowest BCUT2D eigenvalue weighted by molar-refractivity contribution is -0.121. The zero-order chi connectivity index (χ0) is 28.3. The van der Waals surface area contributed by atoms with Crippen LogP contribution in [0, 0.1) is 12.7 Å². The van der Waals surface area contributed by atoms with Gasteiger partial charge >= 0.3 is 11.7 Å². The number of halogens is 1. The lowest BCUT2D eigenvalue weighted by Gasteiger charge is -2.20. The van der Waals surface area contributed by atoms with E-state index in [9.17, 15) is 28.7 Å². The van der Waals surface area contributed by atoms with Gasteiger partial charge in [-0.05, 0) is 44.5 Å². The zero-order valence-corrected chi connectivity index (χ0v) is 23.0. The van der Waals surface area contributed by atoms with Crippen LogP contribution in [0.2, 0.25) is 0 Å². The quantitative estimate of drug-likeness (QED) is 0.350. The van der Waals surface area contributed by atoms with Gasteiger partial charge in [0.15, 0.2) is 5.78 Å². The number of aliphatic hydroxyl groups is 1. The monoisotopic (exact) mass is 549 g/mol. The Labute approximate surface area is 222 Å². The topological polar surface area (TPSA) is 129 Å². The predicted octanol–water partition coefficient (Wildman–Crippen LogP) is 2.72. The number of thiophene rings is 1. The molecule has 0 saturated heterocycles. The fraction of sp³-hybridized carbons (Fsp3) is 0.462. The molecule has 1 unspecified atom stereocenters. The number of fused-ring (bicyclic) bond motifs is 1. The Morgan fingerprint density at radius 2 is 1.89 bits per heavy atom. The summed E-state index contributed by atoms with van der Waals surface area (Å²) < 4.78 is 26.3. The number of nitrogens with zero attached hydrogens (tertiary/aromatic N) is 2. The number of carbonyl (C=O) groups is 2. The SMILES string of the molecule is CCOC(=O)c1sc2c(c1C)c(=O)n(C(C)C(=O)CNC(C)C)c(=O)n2C[C@H](O)c1cc(F)ccc1OC. The first-order valence-corrected chi connectivity index (χ1v) is 13.0. The summed E-state index contributed by atoms with van der Waals surface area (Å²) >= 11 is 0.882. The lowest BCUT2D eigenvalue weighted by Crippen LogP contribution is -2.45. The minimum atomic E-state index is -1.42. The van der Waals surface area contributed by atoms with E-state index in [4.69, 9.17) is 9.47 Å². The molecule has 0 bridgehead atoms. The molecule has 10 nitrogen and oxygen atoms in total. The van der Waals surface area contributed by atoms with E-state index in [1.54, 1.807) is 13.8 Å². The summed E-state index contributed by atoms with van der Waals surface area (Å²) in [6, 6.07) is 2.48. The molecule has 1 aromatic carbocycles. The molecule has 38 heavy (non-hydrogen) atoms. The Kier molecular flexibility index (Phi) is 9.23. The number of aryl methyl sites for hydroxylation is 1. The number of Topliss-reactive ketones (excluding diaryl/α,β-unsaturated/α-hetero) is 1. The molecule has 0 saturated carbocycles. The minimum absolute atomic E-state index is 0.00431. The van der Waals surface area contributed by atoms with E-state index in [0.29, 0.717) is 5.56 Å². The second kappa shape index (κ2) is 12.0. The lowest BCUT2D eigenvalue weighted by atomic mass is 10.1. The maximum absolute atomic E-state index is 14.0. The standard InChI is InChI=1S/C26H32FN3O7S/c1-7-37-25(34)22-14(4)21-23(33)30(15(5)18(31)11-28-13(2)3)26(35)29(24(21)38-22)12-19(32)17-10-16(27)8-9-20(17)36-6/h8-10,13,15,19,28,32H,7,11-12H2,1-6H3/t15?,19-/m0/s1. The van der Waals surface area contributed by atoms with Crippen molar-refractivity contribution in [2.45, 2.75) is 59.4 Å². The van der Waals surface area contributed by atoms with Crippen LogP contribution in [0.15, 0.2) is 27.8 Å². The van der Waals surface area contributed by atoms with Crippen molar-refractivity contribution in [3.05, 3.63) is 60.9 Å². The number of aliphatic hydroxyl groups excluding tert-OH is 1. The average molecular weight is 550 g/mol. The van der Waals surface area contributed by atoms with Crippen molar-refractivity contribution in [3.8, 4) is 5.75 Å². The summed E-state index contributed by atoms with van der Waals surface area (Å²) in [5.74, 6) is -1.46. The molecule has 0 aliphatic heterocycles. The number of rotatable bonds is 11. The van der Waals surface area contributed by atoms with Crippen molar-refractivity contribution in [2.24, 2.45) is 0 Å². The van der Waals surface area contributed by atoms with Gasteiger partial charge in [0.05, 0.1) is 38.2 Å². The van der Waals surface area contributed by atoms with Crippen molar-refractivity contribution in [3.63, 3.8) is 0 Å². The van der Waals surface area contributed by atoms with E-state index >= 15 is 0 Å². The Bertz CT molecular complexity index is 1470. The molecule has 3 rings (SSSR count). The highest BCUT2D eigenvalue weighted by Crippen LogP contribution is 2.31. The van der Waals surface area contributed by atoms with Gasteiger partial charge in [0, 0.05) is 11.6 Å². The van der Waals surface area contributed by atoms with Crippen LogP contribution < -0.4 is 21.3 Å². The average Bonchev–Trinajstić information content (AvgIpc) is 3.22. The minimum Gasteiger partial charge on any atom is -0.496 e. The molecular weight excluding hydrogens is 517 g/mol. The molecular formula is C26H32FN3O7S. The van der Waals surface area contributed by atoms with Gasteiger partial charge in [0.1, 0.15) is 27.4 Å². The molecule has 0 aliphatic rings. The molecule has 2 N–H and O–H groups in total. The van der Waals surface area contributed by atoms with Gasteiger partial charge in [-0.15, -0.1) is 11.3 Å². The number of carbonyl (C=O) groups excluding carboxylic acids is 2. The van der Waals surface area contributed by atoms with Crippen molar-refractivity contribution < 1.29 is 28.6 Å². The second-order valence-electron chi connectivity index (χ2n) is 9.11. The number of hydrogen-bond acceptors (Lipinski definition) is 9. The predicted molar refractivity (Wildman–Crippen MR) is 142 cm³/mol. The summed E-state index contributed by atoms with van der Waals surface area (Å²) in [4.78, 5) is 53.1. The van der Waals surface area contributed by atoms with Gasteiger partial charge in [0.25, 0.3) is 5.56 Å². The Morgan fingerprint density at radius 3 is 2.50 bits per heavy atom.